The summed E-state index contributed by atoms with van der Waals surface area (Å²) < 4.78 is 17.4. The Kier molecular flexibility index (Phi) is 3.59. The Morgan fingerprint density at radius 3 is 2.42 bits per heavy atom. The molecule has 7 nitrogen and oxygen atoms in total. The summed E-state index contributed by atoms with van der Waals surface area (Å²) in [4.78, 5) is 38.7. The Morgan fingerprint density at radius 1 is 1.03 bits per heavy atom. The minimum Gasteiger partial charge on any atom is -0.507 e. The van der Waals surface area contributed by atoms with Crippen LogP contribution in [0.3, 0.4) is 0 Å². The highest BCUT2D eigenvalue weighted by Crippen LogP contribution is 2.44. The Balaban J connectivity index is 2.00. The van der Waals surface area contributed by atoms with Crippen LogP contribution in [-0.2, 0) is 10.3 Å². The number of fused-ring (bicyclic) bond motifs is 5. The molecule has 1 N–H and O–H groups in total. The van der Waals surface area contributed by atoms with E-state index in [1.807, 2.05) is 19.9 Å². The van der Waals surface area contributed by atoms with Gasteiger partial charge in [-0.1, -0.05) is 0 Å². The van der Waals surface area contributed by atoms with E-state index in [4.69, 9.17) is 13.9 Å². The van der Waals surface area contributed by atoms with Crippen molar-refractivity contribution < 1.29 is 28.6 Å². The molecule has 0 bridgehead atoms. The topological polar surface area (TPSA) is 103 Å². The highest BCUT2D eigenvalue weighted by Gasteiger charge is 2.42. The average Bonchev–Trinajstić information content (AvgIpc) is 2.87. The van der Waals surface area contributed by atoms with E-state index in [0.717, 1.165) is 0 Å². The van der Waals surface area contributed by atoms with Crippen LogP contribution in [0.4, 0.5) is 0 Å². The number of rotatable bonds is 1. The molecular formula is C24H20O7. The van der Waals surface area contributed by atoms with E-state index in [-0.39, 0.29) is 38.8 Å². The van der Waals surface area contributed by atoms with Crippen molar-refractivity contribution in [2.24, 2.45) is 0 Å². The predicted octanol–water partition coefficient (Wildman–Crippen LogP) is 4.44. The number of ketones is 1. The first-order valence-electron chi connectivity index (χ1n) is 9.88. The molecular weight excluding hydrogens is 400 g/mol. The van der Waals surface area contributed by atoms with Gasteiger partial charge in [0.2, 0.25) is 5.43 Å². The Bertz CT molecular complexity index is 1450. The standard InChI is InChI=1S/C24H20O7/c1-10(25)16-17-13(24(4,5)31-22(17)28)8-12-19(27)18-14(26)9-15-11(20(18)29-21(12)16)6-7-23(2,3)30-15/h6-9,26H,1-5H3. The first-order chi connectivity index (χ1) is 14.4. The maximum Gasteiger partial charge on any atom is 0.340 e. The molecule has 1 aromatic heterocycles. The summed E-state index contributed by atoms with van der Waals surface area (Å²) in [7, 11) is 0. The van der Waals surface area contributed by atoms with E-state index >= 15 is 0 Å². The quantitative estimate of drug-likeness (QED) is 0.352. The van der Waals surface area contributed by atoms with Crippen molar-refractivity contribution in [1.29, 1.82) is 0 Å². The van der Waals surface area contributed by atoms with Gasteiger partial charge in [-0.25, -0.2) is 4.79 Å². The van der Waals surface area contributed by atoms with Crippen molar-refractivity contribution in [1.82, 2.24) is 0 Å². The molecule has 0 fully saturated rings. The van der Waals surface area contributed by atoms with Crippen LogP contribution in [-0.4, -0.2) is 22.5 Å². The minimum atomic E-state index is -1.01. The zero-order valence-electron chi connectivity index (χ0n) is 17.7. The number of hydrogen-bond acceptors (Lipinski definition) is 7. The Morgan fingerprint density at radius 2 is 1.74 bits per heavy atom. The zero-order valence-corrected chi connectivity index (χ0v) is 17.7. The van der Waals surface area contributed by atoms with Gasteiger partial charge in [-0.3, -0.25) is 9.59 Å². The lowest BCUT2D eigenvalue weighted by atomic mass is 9.89. The summed E-state index contributed by atoms with van der Waals surface area (Å²) in [6, 6.07) is 2.91. The monoisotopic (exact) mass is 420 g/mol. The highest BCUT2D eigenvalue weighted by molar-refractivity contribution is 6.16. The minimum absolute atomic E-state index is 0.000190. The summed E-state index contributed by atoms with van der Waals surface area (Å²) in [6.07, 6.45) is 3.57. The molecule has 0 aliphatic carbocycles. The second-order valence-corrected chi connectivity index (χ2v) is 8.99. The third-order valence-corrected chi connectivity index (χ3v) is 5.79. The fraction of sp³-hybridized carbons (Fsp3) is 0.292. The van der Waals surface area contributed by atoms with Crippen LogP contribution in [0.25, 0.3) is 28.0 Å². The number of hydrogen-bond donors (Lipinski definition) is 1. The van der Waals surface area contributed by atoms with Crippen LogP contribution < -0.4 is 10.2 Å². The first-order valence-corrected chi connectivity index (χ1v) is 9.88. The van der Waals surface area contributed by atoms with Crippen LogP contribution >= 0.6 is 0 Å². The van der Waals surface area contributed by atoms with E-state index in [0.29, 0.717) is 16.9 Å². The van der Waals surface area contributed by atoms with Gasteiger partial charge in [0.25, 0.3) is 0 Å². The summed E-state index contributed by atoms with van der Waals surface area (Å²) in [5, 5.41) is 10.7. The van der Waals surface area contributed by atoms with Gasteiger partial charge in [-0.15, -0.1) is 0 Å². The van der Waals surface area contributed by atoms with Crippen LogP contribution in [0.5, 0.6) is 11.5 Å². The van der Waals surface area contributed by atoms with Gasteiger partial charge in [-0.2, -0.15) is 0 Å². The number of carbonyl (C=O) groups is 2. The van der Waals surface area contributed by atoms with Gasteiger partial charge < -0.3 is 19.0 Å². The van der Waals surface area contributed by atoms with E-state index in [2.05, 4.69) is 0 Å². The zero-order chi connectivity index (χ0) is 22.5. The average molecular weight is 420 g/mol. The first kappa shape index (κ1) is 19.4. The van der Waals surface area contributed by atoms with Crippen molar-refractivity contribution in [2.45, 2.75) is 45.8 Å². The van der Waals surface area contributed by atoms with Gasteiger partial charge in [-0.05, 0) is 52.8 Å². The lowest BCUT2D eigenvalue weighted by Gasteiger charge is -2.28. The van der Waals surface area contributed by atoms with Crippen molar-refractivity contribution in [3.05, 3.63) is 50.7 Å². The van der Waals surface area contributed by atoms with Crippen LogP contribution in [0.1, 0.15) is 66.5 Å². The molecule has 0 unspecified atom stereocenters. The van der Waals surface area contributed by atoms with Gasteiger partial charge in [0.1, 0.15) is 33.7 Å². The number of carbonyl (C=O) groups excluding carboxylic acids is 2. The number of benzene rings is 2. The third-order valence-electron chi connectivity index (χ3n) is 5.79. The van der Waals surface area contributed by atoms with Crippen LogP contribution in [0, 0.1) is 0 Å². The normalized spacial score (nSPS) is 17.9. The number of phenols is 1. The number of cyclic esters (lactones) is 1. The van der Waals surface area contributed by atoms with E-state index in [9.17, 15) is 19.5 Å². The van der Waals surface area contributed by atoms with Gasteiger partial charge in [0.15, 0.2) is 11.4 Å². The molecule has 31 heavy (non-hydrogen) atoms. The maximum atomic E-state index is 13.5. The predicted molar refractivity (Wildman–Crippen MR) is 114 cm³/mol. The second-order valence-electron chi connectivity index (χ2n) is 8.99. The molecule has 0 atom stereocenters. The van der Waals surface area contributed by atoms with Gasteiger partial charge in [0, 0.05) is 11.6 Å². The molecule has 0 saturated carbocycles. The van der Waals surface area contributed by atoms with Crippen molar-refractivity contribution in [2.75, 3.05) is 0 Å². The van der Waals surface area contributed by atoms with Crippen LogP contribution in [0.2, 0.25) is 0 Å². The molecule has 7 heteroatoms. The van der Waals surface area contributed by atoms with Crippen LogP contribution in [0.15, 0.2) is 27.4 Å². The van der Waals surface area contributed by atoms with Gasteiger partial charge >= 0.3 is 5.97 Å². The summed E-state index contributed by atoms with van der Waals surface area (Å²) in [6.45, 7) is 8.39. The molecule has 0 spiro atoms. The summed E-state index contributed by atoms with van der Waals surface area (Å²) in [5.74, 6) is -1.00. The number of aromatic hydroxyl groups is 1. The number of Topliss-reactive ketones (excluding diaryl/α,β-unsaturated/α-hetero) is 1. The molecule has 158 valence electrons. The van der Waals surface area contributed by atoms with Crippen molar-refractivity contribution in [3.63, 3.8) is 0 Å². The lowest BCUT2D eigenvalue weighted by Crippen LogP contribution is -2.27. The number of esters is 1. The third kappa shape index (κ3) is 2.55. The van der Waals surface area contributed by atoms with Crippen molar-refractivity contribution in [3.8, 4) is 11.5 Å². The SMILES string of the molecule is CC(=O)c1c2c(cc3c(=O)c4c(O)cc5c(c4oc13)C=CC(C)(C)O5)C(C)(C)OC2=O. The molecule has 0 amide bonds. The molecule has 0 radical (unpaired) electrons. The lowest BCUT2D eigenvalue weighted by molar-refractivity contribution is 0.00948. The van der Waals surface area contributed by atoms with Gasteiger partial charge in [0.05, 0.1) is 22.1 Å². The molecule has 2 aliphatic rings. The summed E-state index contributed by atoms with van der Waals surface area (Å²) >= 11 is 0. The number of phenolic OH excluding ortho intramolecular Hbond substituents is 1. The molecule has 2 aromatic carbocycles. The molecule has 3 heterocycles. The molecule has 0 saturated heterocycles. The highest BCUT2D eigenvalue weighted by atomic mass is 16.6. The second kappa shape index (κ2) is 5.75. The Hall–Kier alpha value is -3.61. The summed E-state index contributed by atoms with van der Waals surface area (Å²) in [5.41, 5.74) is -1.02. The largest absolute Gasteiger partial charge is 0.507 e. The Labute approximate surface area is 176 Å². The molecule has 3 aromatic rings. The fourth-order valence-electron chi connectivity index (χ4n) is 4.34. The molecule has 5 rings (SSSR count). The van der Waals surface area contributed by atoms with Crippen molar-refractivity contribution >= 4 is 39.8 Å². The number of ether oxygens (including phenoxy) is 2. The smallest absolute Gasteiger partial charge is 0.340 e. The maximum absolute atomic E-state index is 13.5. The van der Waals surface area contributed by atoms with E-state index in [1.165, 1.54) is 19.1 Å². The van der Waals surface area contributed by atoms with E-state index < -0.39 is 28.4 Å². The fourth-order valence-corrected chi connectivity index (χ4v) is 4.34. The van der Waals surface area contributed by atoms with E-state index in [1.54, 1.807) is 19.9 Å². The molecule has 2 aliphatic heterocycles.